The van der Waals surface area contributed by atoms with Crippen LogP contribution in [0.3, 0.4) is 0 Å². The van der Waals surface area contributed by atoms with Crippen LogP contribution in [0.25, 0.3) is 0 Å². The van der Waals surface area contributed by atoms with Crippen molar-refractivity contribution in [3.63, 3.8) is 0 Å². The molecular weight excluding hydrogens is 224 g/mol. The fourth-order valence-corrected chi connectivity index (χ4v) is 1.95. The summed E-state index contributed by atoms with van der Waals surface area (Å²) in [5.41, 5.74) is 1.10. The van der Waals surface area contributed by atoms with Gasteiger partial charge in [-0.3, -0.25) is 0 Å². The van der Waals surface area contributed by atoms with Gasteiger partial charge in [0.2, 0.25) is 5.95 Å². The molecule has 0 fully saturated rings. The Balaban J connectivity index is 2.38. The summed E-state index contributed by atoms with van der Waals surface area (Å²) in [5.74, 6) is 1.03. The van der Waals surface area contributed by atoms with Gasteiger partial charge in [0.15, 0.2) is 0 Å². The van der Waals surface area contributed by atoms with Crippen LogP contribution in [0.15, 0.2) is 6.20 Å². The van der Waals surface area contributed by atoms with E-state index in [1.165, 1.54) is 25.7 Å². The minimum atomic E-state index is 1.02. The third-order valence-electron chi connectivity index (χ3n) is 2.96. The Morgan fingerprint density at radius 3 is 2.72 bits per heavy atom. The fraction of sp³-hybridized carbons (Fsp3) is 0.786. The van der Waals surface area contributed by atoms with Gasteiger partial charge in [0, 0.05) is 19.3 Å². The molecule has 1 rings (SSSR count). The van der Waals surface area contributed by atoms with Gasteiger partial charge in [0.1, 0.15) is 0 Å². The number of unbranched alkanes of at least 4 members (excludes halogenated alkanes) is 2. The topological polar surface area (TPSA) is 33.1 Å². The first kappa shape index (κ1) is 15.0. The maximum absolute atomic E-state index is 4.54. The van der Waals surface area contributed by atoms with Crippen molar-refractivity contribution in [2.24, 2.45) is 0 Å². The molecule has 0 unspecified atom stereocenters. The Kier molecular flexibility index (Phi) is 6.80. The van der Waals surface area contributed by atoms with Gasteiger partial charge in [-0.1, -0.05) is 13.3 Å². The van der Waals surface area contributed by atoms with Gasteiger partial charge >= 0.3 is 0 Å². The molecule has 0 saturated carbocycles. The molecule has 0 saturated heterocycles. The number of anilines is 1. The number of imidazole rings is 1. The maximum Gasteiger partial charge on any atom is 0.203 e. The molecule has 1 N–H and O–H groups in total. The predicted octanol–water partition coefficient (Wildman–Crippen LogP) is 2.75. The summed E-state index contributed by atoms with van der Waals surface area (Å²) in [7, 11) is 4.25. The standard InChI is InChI=1S/C14H28N4/c1-5-6-9-15-14-16-13(2)12-18(14)11-8-7-10-17(3)4/h12H,5-11H2,1-4H3,(H,15,16). The van der Waals surface area contributed by atoms with E-state index in [4.69, 9.17) is 0 Å². The zero-order valence-corrected chi connectivity index (χ0v) is 12.4. The molecule has 0 radical (unpaired) electrons. The molecule has 18 heavy (non-hydrogen) atoms. The van der Waals surface area contributed by atoms with E-state index in [1.807, 2.05) is 0 Å². The molecule has 0 aliphatic heterocycles. The number of rotatable bonds is 9. The van der Waals surface area contributed by atoms with E-state index in [0.717, 1.165) is 31.3 Å². The SMILES string of the molecule is CCCCNc1nc(C)cn1CCCCN(C)C. The number of hydrogen-bond donors (Lipinski definition) is 1. The highest BCUT2D eigenvalue weighted by atomic mass is 15.2. The van der Waals surface area contributed by atoms with Crippen LogP contribution in [-0.2, 0) is 6.54 Å². The summed E-state index contributed by atoms with van der Waals surface area (Å²) in [5, 5.41) is 3.43. The smallest absolute Gasteiger partial charge is 0.203 e. The molecule has 104 valence electrons. The highest BCUT2D eigenvalue weighted by Crippen LogP contribution is 2.10. The molecule has 0 bridgehead atoms. The first-order valence-electron chi connectivity index (χ1n) is 7.06. The van der Waals surface area contributed by atoms with Gasteiger partial charge in [-0.25, -0.2) is 4.98 Å². The lowest BCUT2D eigenvalue weighted by Gasteiger charge is -2.11. The van der Waals surface area contributed by atoms with Gasteiger partial charge in [-0.2, -0.15) is 0 Å². The maximum atomic E-state index is 4.54. The zero-order chi connectivity index (χ0) is 13.4. The molecule has 0 aliphatic carbocycles. The summed E-state index contributed by atoms with van der Waals surface area (Å²) >= 11 is 0. The van der Waals surface area contributed by atoms with E-state index in [-0.39, 0.29) is 0 Å². The Hall–Kier alpha value is -1.03. The molecule has 1 heterocycles. The lowest BCUT2D eigenvalue weighted by atomic mass is 10.3. The van der Waals surface area contributed by atoms with Crippen LogP contribution in [0.5, 0.6) is 0 Å². The molecule has 0 aliphatic rings. The fourth-order valence-electron chi connectivity index (χ4n) is 1.95. The van der Waals surface area contributed by atoms with Crippen molar-refractivity contribution >= 4 is 5.95 Å². The van der Waals surface area contributed by atoms with Crippen molar-refractivity contribution in [3.05, 3.63) is 11.9 Å². The predicted molar refractivity (Wildman–Crippen MR) is 78.1 cm³/mol. The lowest BCUT2D eigenvalue weighted by molar-refractivity contribution is 0.388. The molecule has 1 aromatic heterocycles. The number of nitrogens with one attached hydrogen (secondary N) is 1. The summed E-state index contributed by atoms with van der Waals surface area (Å²) in [6.07, 6.45) is 7.00. The molecular formula is C14H28N4. The quantitative estimate of drug-likeness (QED) is 0.686. The molecule has 0 aromatic carbocycles. The van der Waals surface area contributed by atoms with Gasteiger partial charge in [-0.05, 0) is 46.8 Å². The first-order chi connectivity index (χ1) is 8.63. The zero-order valence-electron chi connectivity index (χ0n) is 12.4. The second-order valence-electron chi connectivity index (χ2n) is 5.19. The van der Waals surface area contributed by atoms with Crippen LogP contribution in [0.4, 0.5) is 5.95 Å². The van der Waals surface area contributed by atoms with Gasteiger partial charge in [0.05, 0.1) is 5.69 Å². The third-order valence-corrected chi connectivity index (χ3v) is 2.96. The molecule has 4 heteroatoms. The second kappa shape index (κ2) is 8.14. The monoisotopic (exact) mass is 252 g/mol. The highest BCUT2D eigenvalue weighted by Gasteiger charge is 2.04. The van der Waals surface area contributed by atoms with E-state index in [2.05, 4.69) is 53.9 Å². The highest BCUT2D eigenvalue weighted by molar-refractivity contribution is 5.28. The summed E-state index contributed by atoms with van der Waals surface area (Å²) in [6, 6.07) is 0. The minimum absolute atomic E-state index is 1.02. The normalized spacial score (nSPS) is 11.2. The van der Waals surface area contributed by atoms with Crippen molar-refractivity contribution in [3.8, 4) is 0 Å². The van der Waals surface area contributed by atoms with E-state index in [9.17, 15) is 0 Å². The summed E-state index contributed by atoms with van der Waals surface area (Å²) in [6.45, 7) is 7.50. The van der Waals surface area contributed by atoms with Gasteiger partial charge < -0.3 is 14.8 Å². The lowest BCUT2D eigenvalue weighted by Crippen LogP contribution is -2.14. The van der Waals surface area contributed by atoms with E-state index in [1.54, 1.807) is 0 Å². The largest absolute Gasteiger partial charge is 0.356 e. The van der Waals surface area contributed by atoms with Crippen molar-refractivity contribution < 1.29 is 0 Å². The number of hydrogen-bond acceptors (Lipinski definition) is 3. The minimum Gasteiger partial charge on any atom is -0.356 e. The van der Waals surface area contributed by atoms with Crippen LogP contribution in [0.1, 0.15) is 38.3 Å². The van der Waals surface area contributed by atoms with Crippen LogP contribution in [0, 0.1) is 6.92 Å². The van der Waals surface area contributed by atoms with Gasteiger partial charge in [-0.15, -0.1) is 0 Å². The van der Waals surface area contributed by atoms with Crippen LogP contribution < -0.4 is 5.32 Å². The third kappa shape index (κ3) is 5.54. The van der Waals surface area contributed by atoms with Crippen LogP contribution >= 0.6 is 0 Å². The Labute approximate surface area is 111 Å². The molecule has 0 spiro atoms. The Bertz CT molecular complexity index is 331. The van der Waals surface area contributed by atoms with Crippen LogP contribution in [-0.4, -0.2) is 41.6 Å². The van der Waals surface area contributed by atoms with Crippen molar-refractivity contribution in [2.45, 2.75) is 46.1 Å². The number of aromatic nitrogens is 2. The Morgan fingerprint density at radius 1 is 1.28 bits per heavy atom. The summed E-state index contributed by atoms with van der Waals surface area (Å²) in [4.78, 5) is 6.77. The average Bonchev–Trinajstić information content (AvgIpc) is 2.65. The number of aryl methyl sites for hydroxylation is 2. The van der Waals surface area contributed by atoms with E-state index < -0.39 is 0 Å². The first-order valence-corrected chi connectivity index (χ1v) is 7.06. The molecule has 4 nitrogen and oxygen atoms in total. The Morgan fingerprint density at radius 2 is 2.06 bits per heavy atom. The molecule has 0 amide bonds. The average molecular weight is 252 g/mol. The van der Waals surface area contributed by atoms with Crippen molar-refractivity contribution in [1.82, 2.24) is 14.5 Å². The molecule has 0 atom stereocenters. The van der Waals surface area contributed by atoms with Crippen LogP contribution in [0.2, 0.25) is 0 Å². The second-order valence-corrected chi connectivity index (χ2v) is 5.19. The van der Waals surface area contributed by atoms with Crippen molar-refractivity contribution in [1.29, 1.82) is 0 Å². The van der Waals surface area contributed by atoms with Crippen molar-refractivity contribution in [2.75, 3.05) is 32.5 Å². The molecule has 1 aromatic rings. The van der Waals surface area contributed by atoms with E-state index >= 15 is 0 Å². The number of nitrogens with zero attached hydrogens (tertiary/aromatic N) is 3. The van der Waals surface area contributed by atoms with Gasteiger partial charge in [0.25, 0.3) is 0 Å². The van der Waals surface area contributed by atoms with E-state index in [0.29, 0.717) is 0 Å². The summed E-state index contributed by atoms with van der Waals surface area (Å²) < 4.78 is 2.25.